The zero-order chi connectivity index (χ0) is 14.2. The quantitative estimate of drug-likeness (QED) is 0.812. The molecule has 6 heteroatoms. The predicted molar refractivity (Wildman–Crippen MR) is 74.7 cm³/mol. The van der Waals surface area contributed by atoms with Crippen LogP contribution in [0.3, 0.4) is 0 Å². The van der Waals surface area contributed by atoms with Gasteiger partial charge >= 0.3 is 5.97 Å². The summed E-state index contributed by atoms with van der Waals surface area (Å²) in [6.45, 7) is 2.53. The highest BCUT2D eigenvalue weighted by molar-refractivity contribution is 9.10. The van der Waals surface area contributed by atoms with Crippen molar-refractivity contribution in [3.63, 3.8) is 0 Å². The molecular weight excluding hydrogens is 312 g/mol. The average molecular weight is 327 g/mol. The number of carboxylic acids is 1. The number of rotatable bonds is 2. The monoisotopic (exact) mass is 326 g/mol. The van der Waals surface area contributed by atoms with Crippen LogP contribution in [0.5, 0.6) is 0 Å². The molecule has 2 rings (SSSR count). The number of likely N-dealkylation sites (tertiary alicyclic amines) is 1. The first-order valence-corrected chi connectivity index (χ1v) is 6.76. The molecule has 1 saturated heterocycles. The van der Waals surface area contributed by atoms with E-state index in [-0.39, 0.29) is 18.4 Å². The number of amides is 1. The standard InChI is InChI=1S/C13H15BrN2O3/c1-7-5-16(6-10(7)13(18)19)12(17)9-3-2-8(14)4-11(9)15/h2-4,7,10H,5-6,15H2,1H3,(H,18,19). The molecule has 102 valence electrons. The number of hydrogen-bond donors (Lipinski definition) is 2. The van der Waals surface area contributed by atoms with Gasteiger partial charge in [0.1, 0.15) is 0 Å². The molecule has 1 aliphatic heterocycles. The molecule has 0 bridgehead atoms. The molecule has 1 aromatic rings. The van der Waals surface area contributed by atoms with E-state index in [4.69, 9.17) is 10.8 Å². The van der Waals surface area contributed by atoms with Crippen LogP contribution in [0.2, 0.25) is 0 Å². The number of nitrogen functional groups attached to an aromatic ring is 1. The lowest BCUT2D eigenvalue weighted by Gasteiger charge is -2.17. The smallest absolute Gasteiger partial charge is 0.308 e. The molecule has 19 heavy (non-hydrogen) atoms. The molecule has 2 atom stereocenters. The van der Waals surface area contributed by atoms with Gasteiger partial charge in [-0.05, 0) is 24.1 Å². The third kappa shape index (κ3) is 2.73. The van der Waals surface area contributed by atoms with Gasteiger partial charge in [-0.15, -0.1) is 0 Å². The lowest BCUT2D eigenvalue weighted by Crippen LogP contribution is -2.30. The molecular formula is C13H15BrN2O3. The number of halogens is 1. The van der Waals surface area contributed by atoms with Crippen molar-refractivity contribution in [2.75, 3.05) is 18.8 Å². The van der Waals surface area contributed by atoms with Crippen LogP contribution in [-0.2, 0) is 4.79 Å². The molecule has 1 fully saturated rings. The van der Waals surface area contributed by atoms with Crippen molar-refractivity contribution in [1.82, 2.24) is 4.90 Å². The van der Waals surface area contributed by atoms with Gasteiger partial charge in [-0.1, -0.05) is 22.9 Å². The number of carboxylic acid groups (broad SMARTS) is 1. The maximum absolute atomic E-state index is 12.3. The summed E-state index contributed by atoms with van der Waals surface area (Å²) in [5.41, 5.74) is 6.64. The highest BCUT2D eigenvalue weighted by Crippen LogP contribution is 2.27. The van der Waals surface area contributed by atoms with Crippen molar-refractivity contribution in [3.8, 4) is 0 Å². The molecule has 2 unspecified atom stereocenters. The summed E-state index contributed by atoms with van der Waals surface area (Å²) < 4.78 is 0.805. The second-order valence-electron chi connectivity index (χ2n) is 4.86. The topological polar surface area (TPSA) is 83.6 Å². The van der Waals surface area contributed by atoms with E-state index >= 15 is 0 Å². The van der Waals surface area contributed by atoms with Gasteiger partial charge in [-0.3, -0.25) is 9.59 Å². The minimum atomic E-state index is -0.855. The maximum atomic E-state index is 12.3. The second kappa shape index (κ2) is 5.21. The summed E-state index contributed by atoms with van der Waals surface area (Å²) in [5.74, 6) is -1.61. The van der Waals surface area contributed by atoms with E-state index in [1.165, 1.54) is 0 Å². The molecule has 0 radical (unpaired) electrons. The highest BCUT2D eigenvalue weighted by atomic mass is 79.9. The Morgan fingerprint density at radius 3 is 2.63 bits per heavy atom. The van der Waals surface area contributed by atoms with Gasteiger partial charge in [-0.25, -0.2) is 0 Å². The summed E-state index contributed by atoms with van der Waals surface area (Å²) in [4.78, 5) is 24.9. The van der Waals surface area contributed by atoms with Crippen molar-refractivity contribution in [2.24, 2.45) is 11.8 Å². The van der Waals surface area contributed by atoms with Crippen LogP contribution in [0, 0.1) is 11.8 Å². The maximum Gasteiger partial charge on any atom is 0.308 e. The third-order valence-corrected chi connectivity index (χ3v) is 3.95. The van der Waals surface area contributed by atoms with Gasteiger partial charge in [0.25, 0.3) is 5.91 Å². The van der Waals surface area contributed by atoms with Crippen LogP contribution in [0.1, 0.15) is 17.3 Å². The zero-order valence-corrected chi connectivity index (χ0v) is 12.1. The fourth-order valence-electron chi connectivity index (χ4n) is 2.35. The number of hydrogen-bond acceptors (Lipinski definition) is 3. The van der Waals surface area contributed by atoms with E-state index < -0.39 is 11.9 Å². The SMILES string of the molecule is CC1CN(C(=O)c2ccc(Br)cc2N)CC1C(=O)O. The van der Waals surface area contributed by atoms with Crippen LogP contribution >= 0.6 is 15.9 Å². The van der Waals surface area contributed by atoms with Gasteiger partial charge in [-0.2, -0.15) is 0 Å². The Hall–Kier alpha value is -1.56. The third-order valence-electron chi connectivity index (χ3n) is 3.46. The first-order chi connectivity index (χ1) is 8.90. The minimum absolute atomic E-state index is 0.0434. The van der Waals surface area contributed by atoms with Crippen LogP contribution < -0.4 is 5.73 Å². The Labute approximate surface area is 119 Å². The average Bonchev–Trinajstić information content (AvgIpc) is 2.70. The number of carbonyl (C=O) groups is 2. The van der Waals surface area contributed by atoms with Gasteiger partial charge in [0, 0.05) is 23.2 Å². The van der Waals surface area contributed by atoms with Gasteiger partial charge in [0.15, 0.2) is 0 Å². The number of anilines is 1. The Balaban J connectivity index is 2.19. The number of benzene rings is 1. The molecule has 5 nitrogen and oxygen atoms in total. The summed E-state index contributed by atoms with van der Waals surface area (Å²) in [7, 11) is 0. The molecule has 3 N–H and O–H groups in total. The van der Waals surface area contributed by atoms with Crippen LogP contribution in [0.4, 0.5) is 5.69 Å². The number of nitrogens with two attached hydrogens (primary N) is 1. The number of carbonyl (C=O) groups excluding carboxylic acids is 1. The van der Waals surface area contributed by atoms with Crippen molar-refractivity contribution in [3.05, 3.63) is 28.2 Å². The van der Waals surface area contributed by atoms with E-state index in [1.54, 1.807) is 23.1 Å². The van der Waals surface area contributed by atoms with E-state index in [9.17, 15) is 9.59 Å². The first-order valence-electron chi connectivity index (χ1n) is 5.97. The Morgan fingerprint density at radius 2 is 2.11 bits per heavy atom. The molecule has 1 amide bonds. The van der Waals surface area contributed by atoms with Gasteiger partial charge in [0.05, 0.1) is 11.5 Å². The van der Waals surface area contributed by atoms with Crippen LogP contribution in [-0.4, -0.2) is 35.0 Å². The van der Waals surface area contributed by atoms with Crippen molar-refractivity contribution >= 4 is 33.5 Å². The Kier molecular flexibility index (Phi) is 3.80. The number of aliphatic carboxylic acids is 1. The molecule has 0 spiro atoms. The fourth-order valence-corrected chi connectivity index (χ4v) is 2.73. The van der Waals surface area contributed by atoms with E-state index in [1.807, 2.05) is 6.92 Å². The largest absolute Gasteiger partial charge is 0.481 e. The molecule has 0 saturated carbocycles. The van der Waals surface area contributed by atoms with E-state index in [0.29, 0.717) is 17.8 Å². The highest BCUT2D eigenvalue weighted by Gasteiger charge is 2.37. The Morgan fingerprint density at radius 1 is 1.42 bits per heavy atom. The summed E-state index contributed by atoms with van der Waals surface area (Å²) in [6.07, 6.45) is 0. The van der Waals surface area contributed by atoms with Crippen LogP contribution in [0.15, 0.2) is 22.7 Å². The van der Waals surface area contributed by atoms with Crippen LogP contribution in [0.25, 0.3) is 0 Å². The lowest BCUT2D eigenvalue weighted by atomic mass is 9.99. The first kappa shape index (κ1) is 13.9. The van der Waals surface area contributed by atoms with Crippen molar-refractivity contribution in [2.45, 2.75) is 6.92 Å². The molecule has 1 aromatic carbocycles. The zero-order valence-electron chi connectivity index (χ0n) is 10.5. The summed E-state index contributed by atoms with van der Waals surface area (Å²) in [5, 5.41) is 9.08. The summed E-state index contributed by atoms with van der Waals surface area (Å²) in [6, 6.07) is 5.07. The lowest BCUT2D eigenvalue weighted by molar-refractivity contribution is -0.142. The predicted octanol–water partition coefficient (Wildman–Crippen LogP) is 1.82. The minimum Gasteiger partial charge on any atom is -0.481 e. The van der Waals surface area contributed by atoms with E-state index in [0.717, 1.165) is 4.47 Å². The number of nitrogens with zero attached hydrogens (tertiary/aromatic N) is 1. The molecule has 1 aliphatic rings. The van der Waals surface area contributed by atoms with E-state index in [2.05, 4.69) is 15.9 Å². The fraction of sp³-hybridized carbons (Fsp3) is 0.385. The van der Waals surface area contributed by atoms with Crippen molar-refractivity contribution < 1.29 is 14.7 Å². The Bertz CT molecular complexity index is 533. The van der Waals surface area contributed by atoms with Gasteiger partial charge < -0.3 is 15.7 Å². The van der Waals surface area contributed by atoms with Crippen molar-refractivity contribution in [1.29, 1.82) is 0 Å². The molecule has 1 heterocycles. The summed E-state index contributed by atoms with van der Waals surface area (Å²) >= 11 is 3.28. The molecule has 0 aliphatic carbocycles. The normalized spacial score (nSPS) is 22.5. The second-order valence-corrected chi connectivity index (χ2v) is 5.78. The molecule has 0 aromatic heterocycles. The van der Waals surface area contributed by atoms with Gasteiger partial charge in [0.2, 0.25) is 0 Å².